The van der Waals surface area contributed by atoms with Crippen LogP contribution in [-0.2, 0) is 9.53 Å². The van der Waals surface area contributed by atoms with E-state index in [2.05, 4.69) is 16.0 Å². The molecule has 4 saturated heterocycles. The van der Waals surface area contributed by atoms with E-state index in [0.717, 1.165) is 24.9 Å². The Morgan fingerprint density at radius 3 is 3.05 bits per heavy atom. The predicted molar refractivity (Wildman–Crippen MR) is 84.4 cm³/mol. The Labute approximate surface area is 135 Å². The van der Waals surface area contributed by atoms with E-state index in [1.165, 1.54) is 19.1 Å². The van der Waals surface area contributed by atoms with Crippen molar-refractivity contribution in [1.82, 2.24) is 9.88 Å². The number of rotatable bonds is 2. The SMILES string of the molecule is COC(=O)C1C2CC3CCC1N3C/C2=C\c1ccc(Cl)nc1. The summed E-state index contributed by atoms with van der Waals surface area (Å²) in [5.74, 6) is 0.245. The molecule has 0 saturated carbocycles. The summed E-state index contributed by atoms with van der Waals surface area (Å²) in [4.78, 5) is 18.9. The number of esters is 1. The molecule has 22 heavy (non-hydrogen) atoms. The minimum Gasteiger partial charge on any atom is -0.469 e. The van der Waals surface area contributed by atoms with E-state index in [4.69, 9.17) is 16.3 Å². The highest BCUT2D eigenvalue weighted by Gasteiger charge is 2.55. The van der Waals surface area contributed by atoms with Crippen molar-refractivity contribution in [3.63, 3.8) is 0 Å². The molecule has 4 fully saturated rings. The van der Waals surface area contributed by atoms with Crippen LogP contribution in [0.4, 0.5) is 0 Å². The van der Waals surface area contributed by atoms with Crippen LogP contribution in [0.2, 0.25) is 5.15 Å². The van der Waals surface area contributed by atoms with E-state index in [9.17, 15) is 4.79 Å². The van der Waals surface area contributed by atoms with Gasteiger partial charge in [-0.2, -0.15) is 0 Å². The second-order valence-corrected chi connectivity index (χ2v) is 6.88. The molecule has 4 aliphatic heterocycles. The number of carbonyl (C=O) groups excluding carboxylic acids is 1. The Hall–Kier alpha value is -1.39. The van der Waals surface area contributed by atoms with Gasteiger partial charge >= 0.3 is 5.97 Å². The zero-order chi connectivity index (χ0) is 15.3. The largest absolute Gasteiger partial charge is 0.469 e. The quantitative estimate of drug-likeness (QED) is 0.621. The minimum absolute atomic E-state index is 0.0102. The number of piperidine rings is 3. The van der Waals surface area contributed by atoms with Gasteiger partial charge in [0.05, 0.1) is 13.0 Å². The normalized spacial score (nSPS) is 37.5. The van der Waals surface area contributed by atoms with Crippen LogP contribution in [0.5, 0.6) is 0 Å². The molecule has 5 atom stereocenters. The molecule has 0 radical (unpaired) electrons. The average Bonchev–Trinajstić information content (AvgIpc) is 2.84. The van der Waals surface area contributed by atoms with Crippen LogP contribution in [0.25, 0.3) is 6.08 Å². The highest BCUT2D eigenvalue weighted by Crippen LogP contribution is 2.50. The maximum absolute atomic E-state index is 12.3. The molecule has 0 amide bonds. The van der Waals surface area contributed by atoms with Crippen LogP contribution >= 0.6 is 11.6 Å². The number of fused-ring (bicyclic) bond motifs is 1. The first-order valence-corrected chi connectivity index (χ1v) is 8.21. The molecule has 4 aliphatic rings. The summed E-state index contributed by atoms with van der Waals surface area (Å²) < 4.78 is 5.08. The zero-order valence-corrected chi connectivity index (χ0v) is 13.3. The maximum Gasteiger partial charge on any atom is 0.310 e. The van der Waals surface area contributed by atoms with Crippen molar-refractivity contribution >= 4 is 23.6 Å². The van der Waals surface area contributed by atoms with Gasteiger partial charge in [-0.3, -0.25) is 9.69 Å². The molecule has 4 bridgehead atoms. The van der Waals surface area contributed by atoms with Gasteiger partial charge in [0.2, 0.25) is 0 Å². The van der Waals surface area contributed by atoms with Crippen molar-refractivity contribution in [3.05, 3.63) is 34.6 Å². The number of hydrogen-bond donors (Lipinski definition) is 0. The van der Waals surface area contributed by atoms with E-state index in [0.29, 0.717) is 23.2 Å². The number of nitrogens with zero attached hydrogens (tertiary/aromatic N) is 2. The molecular formula is C17H19ClN2O2. The topological polar surface area (TPSA) is 42.4 Å². The molecule has 0 spiro atoms. The number of aromatic nitrogens is 1. The van der Waals surface area contributed by atoms with E-state index in [1.54, 1.807) is 12.3 Å². The van der Waals surface area contributed by atoms with Crippen LogP contribution in [0.15, 0.2) is 23.9 Å². The van der Waals surface area contributed by atoms with Gasteiger partial charge in [-0.25, -0.2) is 4.98 Å². The number of halogens is 1. The van der Waals surface area contributed by atoms with Gasteiger partial charge in [0.1, 0.15) is 5.15 Å². The summed E-state index contributed by atoms with van der Waals surface area (Å²) in [6, 6.07) is 4.80. The molecule has 5 rings (SSSR count). The first kappa shape index (κ1) is 14.2. The van der Waals surface area contributed by atoms with Crippen LogP contribution in [0.3, 0.4) is 0 Å². The number of ether oxygens (including phenoxy) is 1. The molecule has 1 aromatic rings. The molecular weight excluding hydrogens is 300 g/mol. The Morgan fingerprint density at radius 2 is 2.32 bits per heavy atom. The van der Waals surface area contributed by atoms with Gasteiger partial charge in [0.25, 0.3) is 0 Å². The Balaban J connectivity index is 1.68. The molecule has 0 aliphatic carbocycles. The van der Waals surface area contributed by atoms with Crippen LogP contribution < -0.4 is 0 Å². The molecule has 0 N–H and O–H groups in total. The van der Waals surface area contributed by atoms with Crippen molar-refractivity contribution in [1.29, 1.82) is 0 Å². The summed E-state index contributed by atoms with van der Waals surface area (Å²) >= 11 is 5.85. The van der Waals surface area contributed by atoms with Crippen molar-refractivity contribution in [2.75, 3.05) is 13.7 Å². The Bertz CT molecular complexity index is 628. The van der Waals surface area contributed by atoms with E-state index < -0.39 is 0 Å². The van der Waals surface area contributed by atoms with E-state index in [1.807, 2.05) is 6.07 Å². The van der Waals surface area contributed by atoms with Crippen molar-refractivity contribution in [3.8, 4) is 0 Å². The summed E-state index contributed by atoms with van der Waals surface area (Å²) in [7, 11) is 1.50. The molecule has 1 aromatic heterocycles. The lowest BCUT2D eigenvalue weighted by atomic mass is 9.71. The smallest absolute Gasteiger partial charge is 0.310 e. The summed E-state index contributed by atoms with van der Waals surface area (Å²) in [6.07, 6.45) is 7.37. The standard InChI is InChI=1S/C17H19ClN2O2/c1-22-17(21)16-13-7-12-3-4-14(16)20(12)9-11(13)6-10-2-5-15(18)19-8-10/h2,5-6,8,12-14,16H,3-4,7,9H2,1H3/b11-6+. The van der Waals surface area contributed by atoms with Gasteiger partial charge in [0.15, 0.2) is 0 Å². The summed E-state index contributed by atoms with van der Waals surface area (Å²) in [5, 5.41) is 0.501. The summed E-state index contributed by atoms with van der Waals surface area (Å²) in [5.41, 5.74) is 2.37. The second-order valence-electron chi connectivity index (χ2n) is 6.50. The van der Waals surface area contributed by atoms with Crippen LogP contribution in [0, 0.1) is 11.8 Å². The number of pyridine rings is 1. The fraction of sp³-hybridized carbons (Fsp3) is 0.529. The third-order valence-corrected chi connectivity index (χ3v) is 5.71. The molecule has 4 nitrogen and oxygen atoms in total. The summed E-state index contributed by atoms with van der Waals surface area (Å²) in [6.45, 7) is 0.968. The Morgan fingerprint density at radius 1 is 1.45 bits per heavy atom. The minimum atomic E-state index is -0.0554. The van der Waals surface area contributed by atoms with E-state index in [-0.39, 0.29) is 11.9 Å². The Kier molecular flexibility index (Phi) is 3.46. The predicted octanol–water partition coefficient (Wildman–Crippen LogP) is 2.77. The average molecular weight is 319 g/mol. The lowest BCUT2D eigenvalue weighted by Gasteiger charge is -2.50. The monoisotopic (exact) mass is 318 g/mol. The van der Waals surface area contributed by atoms with Gasteiger partial charge < -0.3 is 4.74 Å². The third kappa shape index (κ3) is 2.17. The van der Waals surface area contributed by atoms with Crippen LogP contribution in [-0.4, -0.2) is 41.6 Å². The molecule has 5 heterocycles. The molecule has 0 aromatic carbocycles. The van der Waals surface area contributed by atoms with Gasteiger partial charge in [-0.15, -0.1) is 0 Å². The molecule has 116 valence electrons. The third-order valence-electron chi connectivity index (χ3n) is 5.48. The van der Waals surface area contributed by atoms with E-state index >= 15 is 0 Å². The highest BCUT2D eigenvalue weighted by molar-refractivity contribution is 6.29. The van der Waals surface area contributed by atoms with Crippen molar-refractivity contribution < 1.29 is 9.53 Å². The second kappa shape index (κ2) is 5.36. The fourth-order valence-corrected chi connectivity index (χ4v) is 4.68. The van der Waals surface area contributed by atoms with Gasteiger partial charge in [0, 0.05) is 24.8 Å². The molecule has 5 unspecified atom stereocenters. The fourth-order valence-electron chi connectivity index (χ4n) is 4.57. The first-order chi connectivity index (χ1) is 10.7. The number of carbonyl (C=O) groups is 1. The maximum atomic E-state index is 12.3. The zero-order valence-electron chi connectivity index (χ0n) is 12.5. The number of hydrogen-bond acceptors (Lipinski definition) is 4. The van der Waals surface area contributed by atoms with Crippen molar-refractivity contribution in [2.45, 2.75) is 31.3 Å². The number of methoxy groups -OCH3 is 1. The molecule has 5 heteroatoms. The first-order valence-electron chi connectivity index (χ1n) is 7.83. The highest BCUT2D eigenvalue weighted by atomic mass is 35.5. The lowest BCUT2D eigenvalue weighted by molar-refractivity contribution is -0.153. The van der Waals surface area contributed by atoms with Crippen LogP contribution in [0.1, 0.15) is 24.8 Å². The van der Waals surface area contributed by atoms with Crippen molar-refractivity contribution in [2.24, 2.45) is 11.8 Å². The lowest BCUT2D eigenvalue weighted by Crippen LogP contribution is -2.58. The van der Waals surface area contributed by atoms with Gasteiger partial charge in [-0.1, -0.05) is 29.3 Å². The van der Waals surface area contributed by atoms with Gasteiger partial charge in [-0.05, 0) is 36.8 Å².